The van der Waals surface area contributed by atoms with Crippen LogP contribution in [0.4, 0.5) is 0 Å². The van der Waals surface area contributed by atoms with E-state index >= 15 is 0 Å². The van der Waals surface area contributed by atoms with Crippen LogP contribution in [-0.2, 0) is 13.0 Å². The number of hydrogen-bond acceptors (Lipinski definition) is 2. The normalized spacial score (nSPS) is 17.9. The number of benzene rings is 1. The minimum Gasteiger partial charge on any atom is -0.388 e. The molecule has 1 aromatic carbocycles. The zero-order valence-electron chi connectivity index (χ0n) is 11.9. The van der Waals surface area contributed by atoms with Crippen molar-refractivity contribution < 1.29 is 5.11 Å². The predicted molar refractivity (Wildman–Crippen MR) is 83.2 cm³/mol. The summed E-state index contributed by atoms with van der Waals surface area (Å²) in [5, 5.41) is 11.3. The van der Waals surface area contributed by atoms with Crippen LogP contribution in [0, 0.1) is 0 Å². The molecule has 1 aliphatic carbocycles. The number of nitrogens with zero attached hydrogens (tertiary/aromatic N) is 2. The highest BCUT2D eigenvalue weighted by molar-refractivity contribution is 5.81. The van der Waals surface area contributed by atoms with Gasteiger partial charge in [-0.1, -0.05) is 18.2 Å². The smallest absolute Gasteiger partial charge is 0.0807 e. The molecule has 0 saturated carbocycles. The maximum absolute atomic E-state index is 10.1. The largest absolute Gasteiger partial charge is 0.388 e. The first-order valence-electron chi connectivity index (χ1n) is 7.50. The molecule has 0 saturated heterocycles. The van der Waals surface area contributed by atoms with Crippen molar-refractivity contribution in [2.24, 2.45) is 0 Å². The van der Waals surface area contributed by atoms with E-state index in [1.807, 2.05) is 18.3 Å². The number of aliphatic hydroxyl groups excluding tert-OH is 1. The van der Waals surface area contributed by atoms with Crippen LogP contribution in [0.5, 0.6) is 0 Å². The molecule has 1 atom stereocenters. The zero-order chi connectivity index (χ0) is 14.2. The number of aromatic nitrogens is 2. The molecule has 2 aromatic heterocycles. The monoisotopic (exact) mass is 278 g/mol. The van der Waals surface area contributed by atoms with Gasteiger partial charge in [-0.3, -0.25) is 4.98 Å². The highest BCUT2D eigenvalue weighted by atomic mass is 16.3. The number of aryl methyl sites for hydroxylation is 1. The Morgan fingerprint density at radius 1 is 1.19 bits per heavy atom. The first kappa shape index (κ1) is 12.6. The van der Waals surface area contributed by atoms with Crippen LogP contribution in [0.15, 0.2) is 48.9 Å². The quantitative estimate of drug-likeness (QED) is 0.779. The van der Waals surface area contributed by atoms with E-state index in [4.69, 9.17) is 0 Å². The SMILES string of the molecule is OC1CCCc2cn(Cc3ccnc4ccccc34)cc21. The minimum absolute atomic E-state index is 0.288. The fourth-order valence-corrected chi connectivity index (χ4v) is 3.30. The van der Waals surface area contributed by atoms with E-state index in [0.29, 0.717) is 0 Å². The molecule has 0 radical (unpaired) electrons. The standard InChI is InChI=1S/C18H18N2O/c21-18-7-3-4-13-10-20(12-16(13)18)11-14-8-9-19-17-6-2-1-5-15(14)17/h1-2,5-6,8-10,12,18,21H,3-4,7,11H2. The van der Waals surface area contributed by atoms with Gasteiger partial charge in [0.05, 0.1) is 11.6 Å². The lowest BCUT2D eigenvalue weighted by atomic mass is 9.93. The van der Waals surface area contributed by atoms with Gasteiger partial charge in [0.1, 0.15) is 0 Å². The molecule has 4 rings (SSSR count). The number of rotatable bonds is 2. The van der Waals surface area contributed by atoms with E-state index in [-0.39, 0.29) is 6.10 Å². The fraction of sp³-hybridized carbons (Fsp3) is 0.278. The fourth-order valence-electron chi connectivity index (χ4n) is 3.30. The van der Waals surface area contributed by atoms with Crippen LogP contribution >= 0.6 is 0 Å². The van der Waals surface area contributed by atoms with Gasteiger partial charge in [-0.25, -0.2) is 0 Å². The molecular formula is C18H18N2O. The van der Waals surface area contributed by atoms with Crippen LogP contribution < -0.4 is 0 Å². The second-order valence-corrected chi connectivity index (χ2v) is 5.81. The molecule has 1 aliphatic rings. The number of hydrogen-bond donors (Lipinski definition) is 1. The third-order valence-electron chi connectivity index (χ3n) is 4.37. The van der Waals surface area contributed by atoms with Crippen LogP contribution in [0.2, 0.25) is 0 Å². The van der Waals surface area contributed by atoms with Crippen molar-refractivity contribution >= 4 is 10.9 Å². The van der Waals surface area contributed by atoms with Gasteiger partial charge in [0.25, 0.3) is 0 Å². The van der Waals surface area contributed by atoms with Crippen molar-refractivity contribution in [2.45, 2.75) is 31.9 Å². The van der Waals surface area contributed by atoms with Gasteiger partial charge < -0.3 is 9.67 Å². The number of para-hydroxylation sites is 1. The molecule has 0 bridgehead atoms. The second kappa shape index (κ2) is 5.01. The Labute approximate surface area is 123 Å². The Morgan fingerprint density at radius 3 is 3.00 bits per heavy atom. The molecule has 21 heavy (non-hydrogen) atoms. The summed E-state index contributed by atoms with van der Waals surface area (Å²) in [6.07, 6.45) is 8.92. The van der Waals surface area contributed by atoms with Gasteiger partial charge in [0.15, 0.2) is 0 Å². The summed E-state index contributed by atoms with van der Waals surface area (Å²) in [4.78, 5) is 4.41. The average molecular weight is 278 g/mol. The molecule has 0 amide bonds. The Kier molecular flexibility index (Phi) is 3.00. The molecule has 0 fully saturated rings. The van der Waals surface area contributed by atoms with Gasteiger partial charge in [-0.05, 0) is 42.5 Å². The van der Waals surface area contributed by atoms with Crippen molar-refractivity contribution in [3.8, 4) is 0 Å². The molecular weight excluding hydrogens is 260 g/mol. The average Bonchev–Trinajstić information content (AvgIpc) is 2.92. The van der Waals surface area contributed by atoms with E-state index in [9.17, 15) is 5.11 Å². The highest BCUT2D eigenvalue weighted by Crippen LogP contribution is 2.30. The summed E-state index contributed by atoms with van der Waals surface area (Å²) in [5.74, 6) is 0. The Hall–Kier alpha value is -2.13. The van der Waals surface area contributed by atoms with Crippen molar-refractivity contribution in [2.75, 3.05) is 0 Å². The van der Waals surface area contributed by atoms with E-state index in [0.717, 1.165) is 36.9 Å². The number of aliphatic hydroxyl groups is 1. The molecule has 1 unspecified atom stereocenters. The van der Waals surface area contributed by atoms with Crippen LogP contribution in [0.25, 0.3) is 10.9 Å². The molecule has 1 N–H and O–H groups in total. The molecule has 2 heterocycles. The summed E-state index contributed by atoms with van der Waals surface area (Å²) in [7, 11) is 0. The summed E-state index contributed by atoms with van der Waals surface area (Å²) < 4.78 is 2.20. The first-order chi connectivity index (χ1) is 10.3. The Morgan fingerprint density at radius 2 is 2.10 bits per heavy atom. The Balaban J connectivity index is 1.72. The van der Waals surface area contributed by atoms with Crippen LogP contribution in [0.3, 0.4) is 0 Å². The molecule has 3 heteroatoms. The highest BCUT2D eigenvalue weighted by Gasteiger charge is 2.19. The van der Waals surface area contributed by atoms with Gasteiger partial charge in [0.2, 0.25) is 0 Å². The molecule has 0 spiro atoms. The van der Waals surface area contributed by atoms with E-state index < -0.39 is 0 Å². The van der Waals surface area contributed by atoms with E-state index in [1.165, 1.54) is 16.5 Å². The molecule has 3 nitrogen and oxygen atoms in total. The van der Waals surface area contributed by atoms with Crippen LogP contribution in [0.1, 0.15) is 35.6 Å². The topological polar surface area (TPSA) is 38.0 Å². The second-order valence-electron chi connectivity index (χ2n) is 5.81. The van der Waals surface area contributed by atoms with Crippen molar-refractivity contribution in [1.29, 1.82) is 0 Å². The van der Waals surface area contributed by atoms with Crippen molar-refractivity contribution in [3.63, 3.8) is 0 Å². The van der Waals surface area contributed by atoms with E-state index in [1.54, 1.807) is 0 Å². The molecule has 106 valence electrons. The third-order valence-corrected chi connectivity index (χ3v) is 4.37. The lowest BCUT2D eigenvalue weighted by Gasteiger charge is -2.16. The number of pyridine rings is 1. The number of fused-ring (bicyclic) bond motifs is 2. The predicted octanol–water partition coefficient (Wildman–Crippen LogP) is 3.45. The molecule has 3 aromatic rings. The van der Waals surface area contributed by atoms with Gasteiger partial charge in [-0.2, -0.15) is 0 Å². The first-order valence-corrected chi connectivity index (χ1v) is 7.50. The summed E-state index contributed by atoms with van der Waals surface area (Å²) in [6.45, 7) is 0.822. The van der Waals surface area contributed by atoms with E-state index in [2.05, 4.69) is 40.1 Å². The summed E-state index contributed by atoms with van der Waals surface area (Å²) >= 11 is 0. The Bertz CT molecular complexity index is 786. The third kappa shape index (κ3) is 2.24. The summed E-state index contributed by atoms with van der Waals surface area (Å²) in [5.41, 5.74) is 4.71. The van der Waals surface area contributed by atoms with Crippen molar-refractivity contribution in [3.05, 3.63) is 65.6 Å². The van der Waals surface area contributed by atoms with Gasteiger partial charge >= 0.3 is 0 Å². The van der Waals surface area contributed by atoms with Crippen molar-refractivity contribution in [1.82, 2.24) is 9.55 Å². The lowest BCUT2D eigenvalue weighted by Crippen LogP contribution is -2.05. The minimum atomic E-state index is -0.288. The van der Waals surface area contributed by atoms with Gasteiger partial charge in [-0.15, -0.1) is 0 Å². The maximum atomic E-state index is 10.1. The van der Waals surface area contributed by atoms with Crippen LogP contribution in [-0.4, -0.2) is 14.7 Å². The summed E-state index contributed by atoms with van der Waals surface area (Å²) in [6, 6.07) is 10.3. The van der Waals surface area contributed by atoms with Gasteiger partial charge in [0, 0.05) is 36.1 Å². The maximum Gasteiger partial charge on any atom is 0.0807 e. The molecule has 0 aliphatic heterocycles. The zero-order valence-corrected chi connectivity index (χ0v) is 11.9. The lowest BCUT2D eigenvalue weighted by molar-refractivity contribution is 0.157.